The predicted molar refractivity (Wildman–Crippen MR) is 125 cm³/mol. The average molecular weight is 464 g/mol. The summed E-state index contributed by atoms with van der Waals surface area (Å²) in [6, 6.07) is 15.6. The van der Waals surface area contributed by atoms with Crippen molar-refractivity contribution in [2.45, 2.75) is 6.54 Å². The smallest absolute Gasteiger partial charge is 0.338 e. The van der Waals surface area contributed by atoms with Crippen LogP contribution in [0.15, 0.2) is 60.8 Å². The van der Waals surface area contributed by atoms with E-state index in [0.29, 0.717) is 27.8 Å². The molecule has 2 aromatic carbocycles. The van der Waals surface area contributed by atoms with Crippen LogP contribution in [0, 0.1) is 0 Å². The molecule has 2 heterocycles. The van der Waals surface area contributed by atoms with Gasteiger partial charge >= 0.3 is 5.97 Å². The second-order valence-electron chi connectivity index (χ2n) is 6.89. The lowest BCUT2D eigenvalue weighted by molar-refractivity contribution is 0.0597. The number of rotatable bonds is 7. The zero-order chi connectivity index (χ0) is 23.4. The maximum Gasteiger partial charge on any atom is 0.338 e. The van der Waals surface area contributed by atoms with Crippen molar-refractivity contribution in [1.82, 2.24) is 9.97 Å². The number of amides is 1. The number of anilines is 1. The van der Waals surface area contributed by atoms with Crippen molar-refractivity contribution in [2.24, 2.45) is 0 Å². The van der Waals surface area contributed by atoms with Gasteiger partial charge in [0.1, 0.15) is 21.7 Å². The number of ether oxygens (including phenoxy) is 3. The summed E-state index contributed by atoms with van der Waals surface area (Å²) in [4.78, 5) is 36.6. The summed E-state index contributed by atoms with van der Waals surface area (Å²) in [5.74, 6) is 0.186. The van der Waals surface area contributed by atoms with Gasteiger partial charge in [-0.25, -0.2) is 9.78 Å². The van der Waals surface area contributed by atoms with Crippen molar-refractivity contribution in [3.63, 3.8) is 0 Å². The van der Waals surface area contributed by atoms with Gasteiger partial charge in [-0.1, -0.05) is 29.5 Å². The van der Waals surface area contributed by atoms with E-state index in [9.17, 15) is 9.59 Å². The fourth-order valence-electron chi connectivity index (χ4n) is 3.37. The average Bonchev–Trinajstić information content (AvgIpc) is 3.31. The number of esters is 1. The van der Waals surface area contributed by atoms with Crippen molar-refractivity contribution < 1.29 is 23.8 Å². The Morgan fingerprint density at radius 1 is 0.909 bits per heavy atom. The topological polar surface area (TPSA) is 90.9 Å². The highest BCUT2D eigenvalue weighted by Crippen LogP contribution is 2.40. The molecule has 33 heavy (non-hydrogen) atoms. The van der Waals surface area contributed by atoms with Gasteiger partial charge in [0.15, 0.2) is 5.13 Å². The number of benzene rings is 2. The first-order chi connectivity index (χ1) is 16.1. The van der Waals surface area contributed by atoms with Crippen LogP contribution in [0.1, 0.15) is 26.4 Å². The summed E-state index contributed by atoms with van der Waals surface area (Å²) < 4.78 is 16.6. The van der Waals surface area contributed by atoms with Crippen molar-refractivity contribution in [3.05, 3.63) is 77.6 Å². The van der Waals surface area contributed by atoms with Crippen molar-refractivity contribution in [3.8, 4) is 11.5 Å². The van der Waals surface area contributed by atoms with Crippen molar-refractivity contribution in [2.75, 3.05) is 26.2 Å². The molecule has 0 bridgehead atoms. The van der Waals surface area contributed by atoms with E-state index in [1.165, 1.54) is 23.3 Å². The molecular formula is C24H21N3O5S. The van der Waals surface area contributed by atoms with Gasteiger partial charge in [-0.15, -0.1) is 0 Å². The van der Waals surface area contributed by atoms with Gasteiger partial charge in [-0.3, -0.25) is 14.7 Å². The fraction of sp³-hybridized carbons (Fsp3) is 0.167. The number of carbonyl (C=O) groups excluding carboxylic acids is 2. The van der Waals surface area contributed by atoms with Crippen LogP contribution in [0.25, 0.3) is 10.2 Å². The lowest BCUT2D eigenvalue weighted by Crippen LogP contribution is -2.32. The molecule has 1 amide bonds. The Balaban J connectivity index is 1.87. The van der Waals surface area contributed by atoms with Crippen LogP contribution in [-0.2, 0) is 11.3 Å². The molecule has 0 unspecified atom stereocenters. The minimum atomic E-state index is -0.593. The molecule has 168 valence electrons. The number of aromatic nitrogens is 2. The molecule has 4 rings (SSSR count). The molecule has 2 aromatic heterocycles. The molecule has 0 aliphatic carbocycles. The first-order valence-electron chi connectivity index (χ1n) is 9.98. The molecular weight excluding hydrogens is 442 g/mol. The number of hydrogen-bond acceptors (Lipinski definition) is 8. The van der Waals surface area contributed by atoms with E-state index >= 15 is 0 Å². The predicted octanol–water partition coefficient (Wildman–Crippen LogP) is 4.34. The Bertz CT molecular complexity index is 1270. The number of pyridine rings is 1. The monoisotopic (exact) mass is 463 g/mol. The Morgan fingerprint density at radius 3 is 2.27 bits per heavy atom. The van der Waals surface area contributed by atoms with Crippen LogP contribution >= 0.6 is 11.3 Å². The summed E-state index contributed by atoms with van der Waals surface area (Å²) in [7, 11) is 4.41. The highest BCUT2D eigenvalue weighted by molar-refractivity contribution is 7.22. The van der Waals surface area contributed by atoms with E-state index in [0.717, 1.165) is 4.70 Å². The number of hydrogen-bond donors (Lipinski definition) is 0. The van der Waals surface area contributed by atoms with Crippen LogP contribution in [-0.4, -0.2) is 43.2 Å². The normalized spacial score (nSPS) is 10.6. The van der Waals surface area contributed by atoms with E-state index in [-0.39, 0.29) is 17.7 Å². The van der Waals surface area contributed by atoms with E-state index in [2.05, 4.69) is 4.98 Å². The van der Waals surface area contributed by atoms with Gasteiger partial charge in [0.05, 0.1) is 44.7 Å². The van der Waals surface area contributed by atoms with Crippen LogP contribution < -0.4 is 14.4 Å². The quantitative estimate of drug-likeness (QED) is 0.377. The summed E-state index contributed by atoms with van der Waals surface area (Å²) >= 11 is 1.29. The number of methoxy groups -OCH3 is 3. The lowest BCUT2D eigenvalue weighted by Gasteiger charge is -2.20. The highest BCUT2D eigenvalue weighted by atomic mass is 32.1. The van der Waals surface area contributed by atoms with Crippen molar-refractivity contribution >= 4 is 38.6 Å². The second-order valence-corrected chi connectivity index (χ2v) is 7.87. The molecule has 0 atom stereocenters. The Hall–Kier alpha value is -3.98. The Morgan fingerprint density at radius 2 is 1.61 bits per heavy atom. The summed E-state index contributed by atoms with van der Waals surface area (Å²) in [5, 5.41) is 0.420. The molecule has 0 saturated heterocycles. The van der Waals surface area contributed by atoms with Gasteiger partial charge < -0.3 is 14.2 Å². The van der Waals surface area contributed by atoms with E-state index < -0.39 is 11.9 Å². The molecule has 0 aliphatic rings. The molecule has 0 radical (unpaired) electrons. The van der Waals surface area contributed by atoms with E-state index in [1.807, 2.05) is 12.1 Å². The molecule has 0 N–H and O–H groups in total. The molecule has 0 aliphatic heterocycles. The molecule has 0 fully saturated rings. The summed E-state index contributed by atoms with van der Waals surface area (Å²) in [6.07, 6.45) is 1.66. The zero-order valence-electron chi connectivity index (χ0n) is 18.3. The Labute approximate surface area is 194 Å². The summed E-state index contributed by atoms with van der Waals surface area (Å²) in [6.45, 7) is 0.152. The van der Waals surface area contributed by atoms with Crippen molar-refractivity contribution in [1.29, 1.82) is 0 Å². The van der Waals surface area contributed by atoms with Gasteiger partial charge in [-0.2, -0.15) is 0 Å². The van der Waals surface area contributed by atoms with Gasteiger partial charge in [0, 0.05) is 6.20 Å². The zero-order valence-corrected chi connectivity index (χ0v) is 19.1. The molecule has 9 heteroatoms. The Kier molecular flexibility index (Phi) is 6.50. The molecule has 0 saturated carbocycles. The molecule has 8 nitrogen and oxygen atoms in total. The number of thiazole rings is 1. The third-order valence-electron chi connectivity index (χ3n) is 4.98. The van der Waals surface area contributed by atoms with E-state index in [1.54, 1.807) is 62.9 Å². The van der Waals surface area contributed by atoms with Gasteiger partial charge in [-0.05, 0) is 36.4 Å². The third-order valence-corrected chi connectivity index (χ3v) is 6.08. The second kappa shape index (κ2) is 9.66. The minimum Gasteiger partial charge on any atom is -0.495 e. The van der Waals surface area contributed by atoms with Crippen LogP contribution in [0.3, 0.4) is 0 Å². The highest BCUT2D eigenvalue weighted by Gasteiger charge is 2.27. The number of nitrogens with zero attached hydrogens (tertiary/aromatic N) is 3. The van der Waals surface area contributed by atoms with Crippen LogP contribution in [0.4, 0.5) is 5.13 Å². The fourth-order valence-corrected chi connectivity index (χ4v) is 4.44. The van der Waals surface area contributed by atoms with Crippen LogP contribution in [0.5, 0.6) is 11.5 Å². The molecule has 4 aromatic rings. The lowest BCUT2D eigenvalue weighted by atomic mass is 10.1. The van der Waals surface area contributed by atoms with Gasteiger partial charge in [0.25, 0.3) is 5.91 Å². The first-order valence-corrected chi connectivity index (χ1v) is 10.8. The van der Waals surface area contributed by atoms with E-state index in [4.69, 9.17) is 19.2 Å². The SMILES string of the molecule is COC(=O)c1ccccc1C(=O)N(Cc1ccccn1)c1nc2c(OC)ccc(OC)c2s1. The summed E-state index contributed by atoms with van der Waals surface area (Å²) in [5.41, 5.74) is 1.63. The molecule has 0 spiro atoms. The van der Waals surface area contributed by atoms with Crippen LogP contribution in [0.2, 0.25) is 0 Å². The maximum absolute atomic E-state index is 13.8. The first kappa shape index (κ1) is 22.2. The maximum atomic E-state index is 13.8. The third kappa shape index (κ3) is 4.35. The standard InChI is InChI=1S/C24H21N3O5S/c1-30-18-11-12-19(31-2)21-20(18)26-24(33-21)27(14-15-8-6-7-13-25-15)22(28)16-9-4-5-10-17(16)23(29)32-3/h4-13H,14H2,1-3H3. The number of carbonyl (C=O) groups is 2. The largest absolute Gasteiger partial charge is 0.495 e. The minimum absolute atomic E-state index is 0.152. The number of fused-ring (bicyclic) bond motifs is 1. The van der Waals surface area contributed by atoms with Gasteiger partial charge in [0.2, 0.25) is 0 Å².